The van der Waals surface area contributed by atoms with Crippen molar-refractivity contribution in [1.29, 1.82) is 0 Å². The van der Waals surface area contributed by atoms with E-state index in [-0.39, 0.29) is 11.5 Å². The third kappa shape index (κ3) is 4.01. The van der Waals surface area contributed by atoms with Crippen LogP contribution in [0.3, 0.4) is 0 Å². The molecule has 148 valence electrons. The zero-order valence-corrected chi connectivity index (χ0v) is 16.5. The molecule has 1 aliphatic rings. The van der Waals surface area contributed by atoms with Gasteiger partial charge in [0.1, 0.15) is 5.75 Å². The Kier molecular flexibility index (Phi) is 5.08. The van der Waals surface area contributed by atoms with Crippen LogP contribution in [-0.2, 0) is 16.7 Å². The summed E-state index contributed by atoms with van der Waals surface area (Å²) < 4.78 is 37.2. The summed E-state index contributed by atoms with van der Waals surface area (Å²) in [5.74, 6) is 0.616. The fraction of sp³-hybridized carbons (Fsp3) is 0.136. The Balaban J connectivity index is 1.71. The Labute approximate surface area is 169 Å². The van der Waals surface area contributed by atoms with Gasteiger partial charge in [0.25, 0.3) is 0 Å². The van der Waals surface area contributed by atoms with Crippen LogP contribution in [0, 0.1) is 0 Å². The monoisotopic (exact) mass is 409 g/mol. The molecule has 1 atom stereocenters. The lowest BCUT2D eigenvalue weighted by Crippen LogP contribution is -2.37. The topological polar surface area (TPSA) is 81.7 Å². The number of ether oxygens (including phenoxy) is 1. The summed E-state index contributed by atoms with van der Waals surface area (Å²) in [6.07, 6.45) is 0.302. The molecule has 0 saturated carbocycles. The molecule has 6 nitrogen and oxygen atoms in total. The number of nitrogens with one attached hydrogen (secondary N) is 1. The van der Waals surface area contributed by atoms with Gasteiger partial charge in [0.05, 0.1) is 13.2 Å². The molecule has 0 saturated heterocycles. The molecule has 0 fully saturated rings. The van der Waals surface area contributed by atoms with Gasteiger partial charge in [-0.3, -0.25) is 4.79 Å². The van der Waals surface area contributed by atoms with Gasteiger partial charge in [-0.05, 0) is 24.1 Å². The number of hydrogen-bond acceptors (Lipinski definition) is 5. The normalized spacial score (nSPS) is 17.1. The summed E-state index contributed by atoms with van der Waals surface area (Å²) in [6.45, 7) is 0. The van der Waals surface area contributed by atoms with Crippen LogP contribution in [0.15, 0.2) is 72.8 Å². The molecular weight excluding hydrogens is 390 g/mol. The van der Waals surface area contributed by atoms with Gasteiger partial charge in [-0.15, -0.1) is 0 Å². The molecule has 1 aliphatic heterocycles. The standard InChI is InChI=1S/C22H19NO5S/c1-27-17-11-12-19-20(23-29(25,26)28-21(19)14-17)13-16-9-5-6-10-18(16)22(24)15-7-3-2-4-8-15/h2-12,14,20,23H,13H2,1H3/t20-/m1/s1. The van der Waals surface area contributed by atoms with Crippen molar-refractivity contribution < 1.29 is 22.1 Å². The first-order valence-electron chi connectivity index (χ1n) is 9.04. The molecule has 1 heterocycles. The maximum absolute atomic E-state index is 13.0. The predicted octanol–water partition coefficient (Wildman–Crippen LogP) is 3.44. The quantitative estimate of drug-likeness (QED) is 0.653. The minimum atomic E-state index is -3.97. The van der Waals surface area contributed by atoms with Gasteiger partial charge in [0.15, 0.2) is 11.5 Å². The van der Waals surface area contributed by atoms with E-state index < -0.39 is 16.3 Å². The summed E-state index contributed by atoms with van der Waals surface area (Å²) in [7, 11) is -2.47. The molecule has 0 radical (unpaired) electrons. The highest BCUT2D eigenvalue weighted by atomic mass is 32.2. The lowest BCUT2D eigenvalue weighted by Gasteiger charge is -2.27. The van der Waals surface area contributed by atoms with Crippen molar-refractivity contribution in [1.82, 2.24) is 4.72 Å². The van der Waals surface area contributed by atoms with E-state index in [1.54, 1.807) is 42.5 Å². The first-order valence-corrected chi connectivity index (χ1v) is 10.4. The number of rotatable bonds is 5. The van der Waals surface area contributed by atoms with Crippen molar-refractivity contribution in [3.05, 3.63) is 95.1 Å². The zero-order chi connectivity index (χ0) is 20.4. The molecule has 0 unspecified atom stereocenters. The number of fused-ring (bicyclic) bond motifs is 1. The predicted molar refractivity (Wildman–Crippen MR) is 108 cm³/mol. The Bertz CT molecular complexity index is 1160. The van der Waals surface area contributed by atoms with E-state index in [4.69, 9.17) is 8.92 Å². The summed E-state index contributed by atoms with van der Waals surface area (Å²) in [6, 6.07) is 20.7. The molecule has 0 aromatic heterocycles. The van der Waals surface area contributed by atoms with Gasteiger partial charge >= 0.3 is 10.3 Å². The third-order valence-corrected chi connectivity index (χ3v) is 5.78. The number of carbonyl (C=O) groups is 1. The molecular formula is C22H19NO5S. The van der Waals surface area contributed by atoms with Crippen molar-refractivity contribution in [3.8, 4) is 11.5 Å². The highest BCUT2D eigenvalue weighted by Gasteiger charge is 2.31. The Morgan fingerprint density at radius 3 is 2.52 bits per heavy atom. The Morgan fingerprint density at radius 1 is 1.03 bits per heavy atom. The van der Waals surface area contributed by atoms with Gasteiger partial charge < -0.3 is 8.92 Å². The van der Waals surface area contributed by atoms with Gasteiger partial charge in [-0.2, -0.15) is 13.1 Å². The lowest BCUT2D eigenvalue weighted by molar-refractivity contribution is 0.103. The lowest BCUT2D eigenvalue weighted by atomic mass is 9.92. The van der Waals surface area contributed by atoms with Gasteiger partial charge in [0.2, 0.25) is 0 Å². The van der Waals surface area contributed by atoms with E-state index in [2.05, 4.69) is 4.72 Å². The van der Waals surface area contributed by atoms with Crippen LogP contribution in [0.4, 0.5) is 0 Å². The molecule has 0 amide bonds. The van der Waals surface area contributed by atoms with Crippen molar-refractivity contribution in [3.63, 3.8) is 0 Å². The number of carbonyl (C=O) groups excluding carboxylic acids is 1. The van der Waals surface area contributed by atoms with Crippen LogP contribution < -0.4 is 13.6 Å². The van der Waals surface area contributed by atoms with Crippen LogP contribution in [0.25, 0.3) is 0 Å². The van der Waals surface area contributed by atoms with E-state index in [1.807, 2.05) is 30.3 Å². The molecule has 3 aromatic rings. The molecule has 4 rings (SSSR count). The highest BCUT2D eigenvalue weighted by molar-refractivity contribution is 7.85. The maximum atomic E-state index is 13.0. The molecule has 0 bridgehead atoms. The van der Waals surface area contributed by atoms with Crippen LogP contribution in [0.1, 0.15) is 33.1 Å². The summed E-state index contributed by atoms with van der Waals surface area (Å²) >= 11 is 0. The van der Waals surface area contributed by atoms with E-state index in [0.717, 1.165) is 5.56 Å². The van der Waals surface area contributed by atoms with Crippen LogP contribution >= 0.6 is 0 Å². The number of ketones is 1. The van der Waals surface area contributed by atoms with Crippen molar-refractivity contribution in [2.45, 2.75) is 12.5 Å². The molecule has 0 aliphatic carbocycles. The second kappa shape index (κ2) is 7.69. The Hall–Kier alpha value is -3.16. The van der Waals surface area contributed by atoms with Crippen molar-refractivity contribution in [2.75, 3.05) is 7.11 Å². The summed E-state index contributed by atoms with van der Waals surface area (Å²) in [4.78, 5) is 13.0. The SMILES string of the molecule is COc1ccc2c(c1)OS(=O)(=O)N[C@@H]2Cc1ccccc1C(=O)c1ccccc1. The average Bonchev–Trinajstić information content (AvgIpc) is 2.73. The maximum Gasteiger partial charge on any atom is 0.383 e. The molecule has 0 spiro atoms. The van der Waals surface area contributed by atoms with E-state index in [0.29, 0.717) is 28.9 Å². The number of hydrogen-bond donors (Lipinski definition) is 1. The first kappa shape index (κ1) is 19.2. The highest BCUT2D eigenvalue weighted by Crippen LogP contribution is 2.36. The van der Waals surface area contributed by atoms with Crippen LogP contribution in [0.5, 0.6) is 11.5 Å². The van der Waals surface area contributed by atoms with Crippen molar-refractivity contribution in [2.24, 2.45) is 0 Å². The smallest absolute Gasteiger partial charge is 0.383 e. The molecule has 1 N–H and O–H groups in total. The first-order chi connectivity index (χ1) is 14.0. The molecule has 29 heavy (non-hydrogen) atoms. The van der Waals surface area contributed by atoms with Crippen LogP contribution in [0.2, 0.25) is 0 Å². The third-order valence-electron chi connectivity index (χ3n) is 4.80. The minimum Gasteiger partial charge on any atom is -0.497 e. The number of benzene rings is 3. The largest absolute Gasteiger partial charge is 0.497 e. The molecule has 7 heteroatoms. The average molecular weight is 409 g/mol. The van der Waals surface area contributed by atoms with E-state index >= 15 is 0 Å². The summed E-state index contributed by atoms with van der Waals surface area (Å²) in [5, 5.41) is 0. The van der Waals surface area contributed by atoms with Crippen LogP contribution in [-0.4, -0.2) is 21.3 Å². The summed E-state index contributed by atoms with van der Waals surface area (Å²) in [5.41, 5.74) is 2.55. The van der Waals surface area contributed by atoms with E-state index in [9.17, 15) is 13.2 Å². The second-order valence-electron chi connectivity index (χ2n) is 6.67. The number of methoxy groups -OCH3 is 1. The second-order valence-corrected chi connectivity index (χ2v) is 7.98. The van der Waals surface area contributed by atoms with Gasteiger partial charge in [-0.1, -0.05) is 54.6 Å². The molecule has 3 aromatic carbocycles. The van der Waals surface area contributed by atoms with Crippen molar-refractivity contribution >= 4 is 16.1 Å². The van der Waals surface area contributed by atoms with E-state index in [1.165, 1.54) is 7.11 Å². The fourth-order valence-electron chi connectivity index (χ4n) is 3.42. The minimum absolute atomic E-state index is 0.105. The van der Waals surface area contributed by atoms with Gasteiger partial charge in [-0.25, -0.2) is 0 Å². The zero-order valence-electron chi connectivity index (χ0n) is 15.7. The van der Waals surface area contributed by atoms with Gasteiger partial charge in [0, 0.05) is 22.8 Å². The fourth-order valence-corrected chi connectivity index (χ4v) is 4.41. The Morgan fingerprint density at radius 2 is 1.76 bits per heavy atom.